The van der Waals surface area contributed by atoms with Crippen LogP contribution in [0.5, 0.6) is 0 Å². The fourth-order valence-corrected chi connectivity index (χ4v) is 4.52. The first-order valence-electron chi connectivity index (χ1n) is 7.36. The van der Waals surface area contributed by atoms with Crippen LogP contribution in [0.4, 0.5) is 0 Å². The third-order valence-electron chi connectivity index (χ3n) is 4.60. The van der Waals surface area contributed by atoms with E-state index in [-0.39, 0.29) is 5.91 Å². The summed E-state index contributed by atoms with van der Waals surface area (Å²) in [6.45, 7) is 0. The van der Waals surface area contributed by atoms with Gasteiger partial charge in [-0.3, -0.25) is 4.79 Å². The van der Waals surface area contributed by atoms with Gasteiger partial charge < -0.3 is 10.2 Å². The zero-order valence-electron chi connectivity index (χ0n) is 11.8. The van der Waals surface area contributed by atoms with Crippen LogP contribution < -0.4 is 5.32 Å². The molecule has 0 radical (unpaired) electrons. The topological polar surface area (TPSA) is 32.3 Å². The number of hydrogen-bond donors (Lipinski definition) is 1. The molecule has 2 atom stereocenters. The lowest BCUT2D eigenvalue weighted by Gasteiger charge is -2.35. The van der Waals surface area contributed by atoms with Gasteiger partial charge in [0.2, 0.25) is 5.91 Å². The Bertz CT molecular complexity index is 478. The van der Waals surface area contributed by atoms with Crippen LogP contribution >= 0.6 is 22.9 Å². The Morgan fingerprint density at radius 3 is 2.75 bits per heavy atom. The second kappa shape index (κ2) is 6.04. The third-order valence-corrected chi connectivity index (χ3v) is 5.94. The maximum absolute atomic E-state index is 12.3. The molecule has 0 saturated carbocycles. The van der Waals surface area contributed by atoms with E-state index in [0.717, 1.165) is 24.3 Å². The van der Waals surface area contributed by atoms with Crippen LogP contribution in [0.1, 0.15) is 37.0 Å². The molecule has 3 rings (SSSR count). The summed E-state index contributed by atoms with van der Waals surface area (Å²) < 4.78 is 0. The summed E-state index contributed by atoms with van der Waals surface area (Å²) in [6.07, 6.45) is 6.17. The molecule has 2 bridgehead atoms. The van der Waals surface area contributed by atoms with Gasteiger partial charge in [-0.15, -0.1) is 11.3 Å². The molecular formula is C15H21ClN2OS. The van der Waals surface area contributed by atoms with Crippen molar-refractivity contribution in [2.45, 2.75) is 56.7 Å². The summed E-state index contributed by atoms with van der Waals surface area (Å²) in [5, 5.41) is 6.33. The Kier molecular flexibility index (Phi) is 4.34. The van der Waals surface area contributed by atoms with E-state index in [0.29, 0.717) is 24.5 Å². The molecule has 0 spiro atoms. The quantitative estimate of drug-likeness (QED) is 0.926. The summed E-state index contributed by atoms with van der Waals surface area (Å²) in [6, 6.07) is 3.65. The minimum atomic E-state index is 0.265. The molecule has 2 aliphatic rings. The molecule has 3 nitrogen and oxygen atoms in total. The van der Waals surface area contributed by atoms with Crippen molar-refractivity contribution < 1.29 is 4.79 Å². The Morgan fingerprint density at radius 1 is 1.45 bits per heavy atom. The molecule has 5 heteroatoms. The Labute approximate surface area is 129 Å². The largest absolute Gasteiger partial charge is 0.343 e. The van der Waals surface area contributed by atoms with Crippen LogP contribution in [0.15, 0.2) is 11.4 Å². The number of nitrogens with zero attached hydrogens (tertiary/aromatic N) is 1. The Balaban J connectivity index is 1.51. The van der Waals surface area contributed by atoms with Crippen LogP contribution in [-0.4, -0.2) is 36.0 Å². The molecule has 0 aromatic carbocycles. The molecule has 110 valence electrons. The van der Waals surface area contributed by atoms with E-state index in [1.54, 1.807) is 11.3 Å². The third kappa shape index (κ3) is 3.18. The van der Waals surface area contributed by atoms with Gasteiger partial charge in [0.25, 0.3) is 0 Å². The second-order valence-electron chi connectivity index (χ2n) is 6.00. The number of amides is 1. The monoisotopic (exact) mass is 312 g/mol. The van der Waals surface area contributed by atoms with E-state index in [2.05, 4.69) is 5.32 Å². The van der Waals surface area contributed by atoms with Gasteiger partial charge in [-0.2, -0.15) is 0 Å². The summed E-state index contributed by atoms with van der Waals surface area (Å²) >= 11 is 7.54. The first kappa shape index (κ1) is 14.4. The predicted molar refractivity (Wildman–Crippen MR) is 83.4 cm³/mol. The number of aryl methyl sites for hydroxylation is 1. The van der Waals surface area contributed by atoms with E-state index in [4.69, 9.17) is 11.6 Å². The number of halogens is 1. The highest BCUT2D eigenvalue weighted by Gasteiger charge is 2.36. The Morgan fingerprint density at radius 2 is 2.15 bits per heavy atom. The molecule has 1 aromatic rings. The van der Waals surface area contributed by atoms with Crippen molar-refractivity contribution in [1.82, 2.24) is 10.2 Å². The molecule has 2 fully saturated rings. The van der Waals surface area contributed by atoms with Crippen molar-refractivity contribution in [1.29, 1.82) is 0 Å². The average Bonchev–Trinajstić information content (AvgIpc) is 3.01. The first-order chi connectivity index (χ1) is 9.61. The summed E-state index contributed by atoms with van der Waals surface area (Å²) in [5.74, 6) is 0.265. The lowest BCUT2D eigenvalue weighted by atomic mass is 9.98. The molecule has 2 aliphatic heterocycles. The minimum Gasteiger partial charge on any atom is -0.343 e. The van der Waals surface area contributed by atoms with Gasteiger partial charge in [-0.1, -0.05) is 11.6 Å². The number of rotatable bonds is 4. The van der Waals surface area contributed by atoms with Crippen LogP contribution in [0, 0.1) is 0 Å². The highest BCUT2D eigenvalue weighted by molar-refractivity contribution is 7.10. The Hall–Kier alpha value is -0.580. The van der Waals surface area contributed by atoms with Crippen LogP contribution in [0.3, 0.4) is 0 Å². The molecular weight excluding hydrogens is 292 g/mol. The van der Waals surface area contributed by atoms with Crippen molar-refractivity contribution in [3.63, 3.8) is 0 Å². The highest BCUT2D eigenvalue weighted by atomic mass is 35.5. The van der Waals surface area contributed by atoms with Crippen LogP contribution in [0.25, 0.3) is 0 Å². The molecule has 1 amide bonds. The van der Waals surface area contributed by atoms with E-state index >= 15 is 0 Å². The molecule has 1 aromatic heterocycles. The highest BCUT2D eigenvalue weighted by Crippen LogP contribution is 2.29. The van der Waals surface area contributed by atoms with Crippen molar-refractivity contribution in [3.8, 4) is 0 Å². The smallest absolute Gasteiger partial charge is 0.222 e. The number of carbonyl (C=O) groups is 1. The second-order valence-corrected chi connectivity index (χ2v) is 7.43. The van der Waals surface area contributed by atoms with Gasteiger partial charge in [-0.25, -0.2) is 0 Å². The van der Waals surface area contributed by atoms with Gasteiger partial charge in [0.15, 0.2) is 0 Å². The fourth-order valence-electron chi connectivity index (χ4n) is 3.44. The van der Waals surface area contributed by atoms with Gasteiger partial charge in [0.1, 0.15) is 0 Å². The van der Waals surface area contributed by atoms with Gasteiger partial charge in [-0.05, 0) is 38.2 Å². The molecule has 3 heterocycles. The average molecular weight is 313 g/mol. The number of thiophene rings is 1. The van der Waals surface area contributed by atoms with E-state index in [1.807, 2.05) is 23.4 Å². The normalized spacial score (nSPS) is 28.6. The summed E-state index contributed by atoms with van der Waals surface area (Å²) in [7, 11) is 1.97. The number of nitrogens with one attached hydrogen (secondary N) is 1. The van der Waals surface area contributed by atoms with Crippen molar-refractivity contribution in [2.24, 2.45) is 0 Å². The SMILES string of the molecule is CN(C(=O)CCc1cc(Cl)cs1)C1CC2CCC(C1)N2. The summed E-state index contributed by atoms with van der Waals surface area (Å²) in [5.41, 5.74) is 0. The molecule has 20 heavy (non-hydrogen) atoms. The lowest BCUT2D eigenvalue weighted by molar-refractivity contribution is -0.132. The molecule has 2 saturated heterocycles. The maximum atomic E-state index is 12.3. The van der Waals surface area contributed by atoms with Crippen LogP contribution in [-0.2, 0) is 11.2 Å². The van der Waals surface area contributed by atoms with Gasteiger partial charge >= 0.3 is 0 Å². The number of hydrogen-bond acceptors (Lipinski definition) is 3. The van der Waals surface area contributed by atoms with Crippen molar-refractivity contribution in [2.75, 3.05) is 7.05 Å². The van der Waals surface area contributed by atoms with Crippen LogP contribution in [0.2, 0.25) is 5.02 Å². The molecule has 2 unspecified atom stereocenters. The number of piperidine rings is 1. The standard InChI is InChI=1S/C15H21ClN2OS/c1-18(13-7-11-2-3-12(8-13)17-11)15(19)5-4-14-6-10(16)9-20-14/h6,9,11-13,17H,2-5,7-8H2,1H3. The predicted octanol–water partition coefficient (Wildman–Crippen LogP) is 3.08. The zero-order chi connectivity index (χ0) is 14.1. The van der Waals surface area contributed by atoms with Crippen molar-refractivity contribution in [3.05, 3.63) is 21.3 Å². The van der Waals surface area contributed by atoms with Gasteiger partial charge in [0, 0.05) is 41.9 Å². The van der Waals surface area contributed by atoms with Gasteiger partial charge in [0.05, 0.1) is 5.02 Å². The minimum absolute atomic E-state index is 0.265. The zero-order valence-corrected chi connectivity index (χ0v) is 13.3. The maximum Gasteiger partial charge on any atom is 0.222 e. The number of fused-ring (bicyclic) bond motifs is 2. The fraction of sp³-hybridized carbons (Fsp3) is 0.667. The molecule has 1 N–H and O–H groups in total. The van der Waals surface area contributed by atoms with Crippen molar-refractivity contribution >= 4 is 28.8 Å². The van der Waals surface area contributed by atoms with E-state index in [9.17, 15) is 4.79 Å². The van der Waals surface area contributed by atoms with E-state index < -0.39 is 0 Å². The summed E-state index contributed by atoms with van der Waals surface area (Å²) in [4.78, 5) is 15.5. The first-order valence-corrected chi connectivity index (χ1v) is 8.62. The lowest BCUT2D eigenvalue weighted by Crippen LogP contribution is -2.48. The number of carbonyl (C=O) groups excluding carboxylic acids is 1. The molecule has 0 aliphatic carbocycles. The van der Waals surface area contributed by atoms with E-state index in [1.165, 1.54) is 17.7 Å².